The van der Waals surface area contributed by atoms with Crippen LogP contribution in [0.4, 0.5) is 8.78 Å². The molecule has 0 aromatic heterocycles. The molecule has 14 nitrogen and oxygen atoms in total. The number of unbranched alkanes of at least 4 members (excludes halogenated alkanes) is 2. The third-order valence-electron chi connectivity index (χ3n) is 11.0. The quantitative estimate of drug-likeness (QED) is 0.194. The highest BCUT2D eigenvalue weighted by Gasteiger charge is 2.47. The van der Waals surface area contributed by atoms with E-state index in [2.05, 4.69) is 16.0 Å². The van der Waals surface area contributed by atoms with Crippen LogP contribution in [-0.4, -0.2) is 118 Å². The third-order valence-corrected chi connectivity index (χ3v) is 11.0. The number of nitrogens with zero attached hydrogens (tertiary/aromatic N) is 3. The van der Waals surface area contributed by atoms with Gasteiger partial charge in [0.2, 0.25) is 35.4 Å². The van der Waals surface area contributed by atoms with E-state index in [9.17, 15) is 42.3 Å². The molecular weight excluding hydrogens is 730 g/mol. The first-order valence-electron chi connectivity index (χ1n) is 19.8. The summed E-state index contributed by atoms with van der Waals surface area (Å²) in [5.41, 5.74) is 0.0568. The largest absolute Gasteiger partial charge is 0.458 e. The van der Waals surface area contributed by atoms with Gasteiger partial charge in [-0.25, -0.2) is 13.6 Å². The molecule has 56 heavy (non-hydrogen) atoms. The number of carbonyl (C=O) groups is 7. The number of carbonyl (C=O) groups excluding carboxylic acids is 7. The Hall–Kier alpha value is -4.89. The Morgan fingerprint density at radius 1 is 0.893 bits per heavy atom. The van der Waals surface area contributed by atoms with E-state index in [1.54, 1.807) is 6.08 Å². The predicted molar refractivity (Wildman–Crippen MR) is 199 cm³/mol. The second-order valence-corrected chi connectivity index (χ2v) is 15.5. The van der Waals surface area contributed by atoms with Crippen molar-refractivity contribution in [2.24, 2.45) is 5.92 Å². The van der Waals surface area contributed by atoms with E-state index in [1.807, 2.05) is 13.8 Å². The first kappa shape index (κ1) is 42.3. The number of esters is 1. The molecule has 306 valence electrons. The number of hydrogen-bond donors (Lipinski definition) is 3. The lowest BCUT2D eigenvalue weighted by molar-refractivity contribution is -0.163. The Morgan fingerprint density at radius 3 is 2.29 bits per heavy atom. The number of fused-ring (bicyclic) bond motifs is 3. The van der Waals surface area contributed by atoms with Gasteiger partial charge in [-0.15, -0.1) is 0 Å². The van der Waals surface area contributed by atoms with Crippen molar-refractivity contribution in [2.75, 3.05) is 19.6 Å². The molecule has 4 aliphatic heterocycles. The molecule has 8 atom stereocenters. The van der Waals surface area contributed by atoms with Crippen LogP contribution in [0.2, 0.25) is 0 Å². The van der Waals surface area contributed by atoms with Crippen molar-refractivity contribution >= 4 is 41.4 Å². The van der Waals surface area contributed by atoms with Gasteiger partial charge in [0, 0.05) is 32.1 Å². The summed E-state index contributed by atoms with van der Waals surface area (Å²) in [7, 11) is 0. The molecule has 4 aliphatic rings. The van der Waals surface area contributed by atoms with Gasteiger partial charge in [0.25, 0.3) is 0 Å². The molecule has 4 fully saturated rings. The van der Waals surface area contributed by atoms with E-state index in [4.69, 9.17) is 4.74 Å². The Bertz CT molecular complexity index is 1690. The Kier molecular flexibility index (Phi) is 14.2. The maximum atomic E-state index is 14.6. The lowest BCUT2D eigenvalue weighted by Crippen LogP contribution is -2.63. The van der Waals surface area contributed by atoms with E-state index in [0.717, 1.165) is 25.0 Å². The van der Waals surface area contributed by atoms with E-state index in [0.29, 0.717) is 38.2 Å². The smallest absolute Gasteiger partial charge is 0.329 e. The van der Waals surface area contributed by atoms with Gasteiger partial charge in [-0.1, -0.05) is 32.8 Å². The number of nitrogens with one attached hydrogen (secondary N) is 3. The maximum Gasteiger partial charge on any atom is 0.329 e. The van der Waals surface area contributed by atoms with Crippen LogP contribution in [0.25, 0.3) is 0 Å². The van der Waals surface area contributed by atoms with Crippen LogP contribution in [0, 0.1) is 17.6 Å². The molecule has 0 spiro atoms. The van der Waals surface area contributed by atoms with Crippen LogP contribution < -0.4 is 16.0 Å². The first-order valence-corrected chi connectivity index (χ1v) is 19.8. The number of amides is 6. The molecule has 4 saturated heterocycles. The highest BCUT2D eigenvalue weighted by atomic mass is 19.1. The summed E-state index contributed by atoms with van der Waals surface area (Å²) < 4.78 is 34.4. The summed E-state index contributed by atoms with van der Waals surface area (Å²) in [5, 5.41) is 7.99. The molecule has 6 amide bonds. The Morgan fingerprint density at radius 2 is 1.57 bits per heavy atom. The summed E-state index contributed by atoms with van der Waals surface area (Å²) in [6, 6.07) is -4.21. The molecule has 0 bridgehead atoms. The van der Waals surface area contributed by atoms with Crippen LogP contribution in [0.1, 0.15) is 91.0 Å². The Balaban J connectivity index is 1.50. The van der Waals surface area contributed by atoms with Gasteiger partial charge < -0.3 is 35.4 Å². The predicted octanol–water partition coefficient (Wildman–Crippen LogP) is 2.28. The minimum absolute atomic E-state index is 0.0568. The SMILES string of the molecule is CCCC/C=C/C(=O)N[C@@H](Cc1cc(F)cc(F)c1)C(=O)N[C@@H]1C(=O)N2CCC[C@H]2C(=O)N2CCCC[C@H]2C(=O)N[C@@H](C)C(=O)N2C[C@H](C)C[C@H]2C(=O)O[C@H]1C. The fourth-order valence-electron chi connectivity index (χ4n) is 8.13. The summed E-state index contributed by atoms with van der Waals surface area (Å²) in [5.74, 6) is -6.44. The maximum absolute atomic E-state index is 14.6. The zero-order valence-corrected chi connectivity index (χ0v) is 32.6. The number of cyclic esters (lactones) is 1. The molecule has 0 radical (unpaired) electrons. The standard InChI is InChI=1S/C40H54F2N6O8/c1-5-6-7-8-14-33(49)44-29(20-26-18-27(41)21-28(42)19-26)35(50)45-34-25(4)56-40(55)32-17-23(2)22-48(32)37(52)24(3)43-36(51)30-12-9-10-15-46(30)38(53)31-13-11-16-47(31)39(34)54/h8,14,18-19,21,23-25,29-32,34H,5-7,9-13,15-17,20,22H2,1-4H3,(H,43,51)(H,44,49)(H,45,50)/b14-8+/t23-,24+,25+,29+,30+,31+,32+,34+/m1/s1. The highest BCUT2D eigenvalue weighted by molar-refractivity contribution is 5.98. The fraction of sp³-hybridized carbons (Fsp3) is 0.625. The van der Waals surface area contributed by atoms with Crippen LogP contribution in [0.5, 0.6) is 0 Å². The lowest BCUT2D eigenvalue weighted by atomic mass is 9.99. The van der Waals surface area contributed by atoms with Crippen molar-refractivity contribution in [2.45, 2.75) is 134 Å². The van der Waals surface area contributed by atoms with Gasteiger partial charge in [0.05, 0.1) is 0 Å². The van der Waals surface area contributed by atoms with Crippen LogP contribution in [0.3, 0.4) is 0 Å². The number of piperidine rings is 1. The molecule has 1 aromatic carbocycles. The van der Waals surface area contributed by atoms with Gasteiger partial charge in [0.1, 0.15) is 54.0 Å². The second-order valence-electron chi connectivity index (χ2n) is 15.5. The molecule has 16 heteroatoms. The average Bonchev–Trinajstić information content (AvgIpc) is 3.81. The molecule has 5 rings (SSSR count). The number of halogens is 2. The summed E-state index contributed by atoms with van der Waals surface area (Å²) in [6.45, 7) is 7.43. The molecule has 0 saturated carbocycles. The van der Waals surface area contributed by atoms with Crippen molar-refractivity contribution in [3.8, 4) is 0 Å². The summed E-state index contributed by atoms with van der Waals surface area (Å²) >= 11 is 0. The molecule has 1 aromatic rings. The average molecular weight is 785 g/mol. The minimum Gasteiger partial charge on any atom is -0.458 e. The van der Waals surface area contributed by atoms with Crippen molar-refractivity contribution in [3.63, 3.8) is 0 Å². The topological polar surface area (TPSA) is 175 Å². The summed E-state index contributed by atoms with van der Waals surface area (Å²) in [4.78, 5) is 101. The van der Waals surface area contributed by atoms with Crippen LogP contribution >= 0.6 is 0 Å². The molecule has 0 unspecified atom stereocenters. The summed E-state index contributed by atoms with van der Waals surface area (Å²) in [6.07, 6.45) is 6.18. The number of hydrogen-bond acceptors (Lipinski definition) is 8. The van der Waals surface area contributed by atoms with E-state index in [-0.39, 0.29) is 50.4 Å². The molecule has 0 aliphatic carbocycles. The first-order chi connectivity index (χ1) is 26.7. The van der Waals surface area contributed by atoms with Crippen molar-refractivity contribution in [1.29, 1.82) is 0 Å². The van der Waals surface area contributed by atoms with Crippen LogP contribution in [0.15, 0.2) is 30.4 Å². The van der Waals surface area contributed by atoms with E-state index >= 15 is 0 Å². The Labute approximate surface area is 326 Å². The van der Waals surface area contributed by atoms with Crippen molar-refractivity contribution in [3.05, 3.63) is 47.5 Å². The molecule has 3 N–H and O–H groups in total. The lowest BCUT2D eigenvalue weighted by Gasteiger charge is -2.39. The zero-order valence-electron chi connectivity index (χ0n) is 32.6. The normalized spacial score (nSPS) is 28.4. The van der Waals surface area contributed by atoms with E-state index < -0.39 is 95.4 Å². The van der Waals surface area contributed by atoms with Gasteiger partial charge in [0.15, 0.2) is 0 Å². The molecule has 4 heterocycles. The third kappa shape index (κ3) is 10.1. The zero-order chi connectivity index (χ0) is 40.7. The van der Waals surface area contributed by atoms with E-state index in [1.165, 1.54) is 34.6 Å². The minimum atomic E-state index is -1.58. The van der Waals surface area contributed by atoms with Gasteiger partial charge >= 0.3 is 5.97 Å². The van der Waals surface area contributed by atoms with Crippen molar-refractivity contribution in [1.82, 2.24) is 30.7 Å². The van der Waals surface area contributed by atoms with Gasteiger partial charge in [-0.2, -0.15) is 0 Å². The van der Waals surface area contributed by atoms with Crippen LogP contribution in [-0.2, 0) is 44.7 Å². The number of ether oxygens (including phenoxy) is 1. The monoisotopic (exact) mass is 784 g/mol. The van der Waals surface area contributed by atoms with Crippen molar-refractivity contribution < 1.29 is 47.1 Å². The highest BCUT2D eigenvalue weighted by Crippen LogP contribution is 2.29. The van der Waals surface area contributed by atoms with Gasteiger partial charge in [-0.05, 0) is 88.5 Å². The second kappa shape index (κ2) is 18.8. The number of rotatable bonds is 9. The fourth-order valence-corrected chi connectivity index (χ4v) is 8.13. The van der Waals surface area contributed by atoms with Gasteiger partial charge in [-0.3, -0.25) is 28.8 Å². The molecular formula is C40H54F2N6O8. The number of benzene rings is 1. The number of allylic oxidation sites excluding steroid dienone is 1.